The van der Waals surface area contributed by atoms with E-state index < -0.39 is 23.1 Å². The van der Waals surface area contributed by atoms with Gasteiger partial charge in [0.1, 0.15) is 5.82 Å². The van der Waals surface area contributed by atoms with Gasteiger partial charge in [0.2, 0.25) is 0 Å². The highest BCUT2D eigenvalue weighted by Gasteiger charge is 2.37. The average molecular weight is 235 g/mol. The van der Waals surface area contributed by atoms with Crippen molar-refractivity contribution in [1.29, 1.82) is 0 Å². The first-order chi connectivity index (χ1) is 7.18. The zero-order valence-electron chi connectivity index (χ0n) is 9.24. The minimum Gasteiger partial charge on any atom is -0.311 e. The second-order valence-corrected chi connectivity index (χ2v) is 4.06. The highest BCUT2D eigenvalue weighted by atomic mass is 19.4. The second kappa shape index (κ2) is 4.05. The first-order valence-corrected chi connectivity index (χ1v) is 4.74. The van der Waals surface area contributed by atoms with E-state index in [1.54, 1.807) is 13.8 Å². The molecular formula is C11H13F4N. The van der Waals surface area contributed by atoms with Crippen LogP contribution >= 0.6 is 0 Å². The third-order valence-electron chi connectivity index (χ3n) is 2.59. The summed E-state index contributed by atoms with van der Waals surface area (Å²) in [4.78, 5) is 0. The van der Waals surface area contributed by atoms with Crippen LogP contribution in [0.3, 0.4) is 0 Å². The third kappa shape index (κ3) is 2.52. The molecule has 0 spiro atoms. The Bertz CT molecular complexity index is 382. The van der Waals surface area contributed by atoms with E-state index in [2.05, 4.69) is 5.32 Å². The van der Waals surface area contributed by atoms with Gasteiger partial charge in [-0.05, 0) is 44.7 Å². The Morgan fingerprint density at radius 2 is 1.62 bits per heavy atom. The molecular weight excluding hydrogens is 222 g/mol. The van der Waals surface area contributed by atoms with Crippen molar-refractivity contribution in [3.8, 4) is 0 Å². The van der Waals surface area contributed by atoms with E-state index in [1.165, 1.54) is 7.05 Å². The predicted octanol–water partition coefficient (Wildman–Crippen LogP) is 3.30. The fourth-order valence-corrected chi connectivity index (χ4v) is 1.42. The van der Waals surface area contributed by atoms with Crippen molar-refractivity contribution in [2.24, 2.45) is 0 Å². The molecule has 0 aliphatic rings. The summed E-state index contributed by atoms with van der Waals surface area (Å²) in [6.07, 6.45) is -4.48. The van der Waals surface area contributed by atoms with Crippen molar-refractivity contribution in [2.75, 3.05) is 7.05 Å². The Labute approximate surface area is 91.5 Å². The molecule has 1 nitrogen and oxygen atoms in total. The van der Waals surface area contributed by atoms with Gasteiger partial charge < -0.3 is 5.32 Å². The minimum atomic E-state index is -4.48. The Morgan fingerprint density at radius 1 is 1.06 bits per heavy atom. The van der Waals surface area contributed by atoms with E-state index in [0.717, 1.165) is 18.2 Å². The second-order valence-electron chi connectivity index (χ2n) is 4.06. The van der Waals surface area contributed by atoms with Gasteiger partial charge in [0.25, 0.3) is 0 Å². The third-order valence-corrected chi connectivity index (χ3v) is 2.59. The molecule has 0 fully saturated rings. The lowest BCUT2D eigenvalue weighted by molar-refractivity contribution is -0.138. The standard InChI is InChI=1S/C11H13F4N/c1-10(2,16-3)9-6-7(12)4-5-8(9)11(13,14)15/h4-6,16H,1-3H3. The van der Waals surface area contributed by atoms with Gasteiger partial charge in [0.15, 0.2) is 0 Å². The molecule has 0 radical (unpaired) electrons. The summed E-state index contributed by atoms with van der Waals surface area (Å²) in [6.45, 7) is 3.13. The predicted molar refractivity (Wildman–Crippen MR) is 53.5 cm³/mol. The molecule has 0 saturated carbocycles. The molecule has 1 N–H and O–H groups in total. The summed E-state index contributed by atoms with van der Waals surface area (Å²) in [6, 6.07) is 2.50. The van der Waals surface area contributed by atoms with Crippen LogP contribution in [0.2, 0.25) is 0 Å². The summed E-state index contributed by atoms with van der Waals surface area (Å²) in [5, 5.41) is 2.73. The maximum absolute atomic E-state index is 13.0. The maximum atomic E-state index is 13.0. The topological polar surface area (TPSA) is 12.0 Å². The highest BCUT2D eigenvalue weighted by molar-refractivity contribution is 5.35. The zero-order chi connectivity index (χ0) is 12.6. The van der Waals surface area contributed by atoms with Crippen molar-refractivity contribution in [2.45, 2.75) is 25.6 Å². The van der Waals surface area contributed by atoms with Gasteiger partial charge in [-0.15, -0.1) is 0 Å². The number of alkyl halides is 3. The van der Waals surface area contributed by atoms with E-state index in [1.807, 2.05) is 0 Å². The average Bonchev–Trinajstić information content (AvgIpc) is 2.15. The van der Waals surface area contributed by atoms with Gasteiger partial charge in [0.05, 0.1) is 5.56 Å². The molecule has 1 aromatic carbocycles. The van der Waals surface area contributed by atoms with Crippen LogP contribution in [-0.4, -0.2) is 7.05 Å². The van der Waals surface area contributed by atoms with Crippen LogP contribution in [0.4, 0.5) is 17.6 Å². The van der Waals surface area contributed by atoms with Gasteiger partial charge in [-0.3, -0.25) is 0 Å². The van der Waals surface area contributed by atoms with Gasteiger partial charge in [-0.1, -0.05) is 0 Å². The van der Waals surface area contributed by atoms with E-state index in [9.17, 15) is 17.6 Å². The molecule has 0 unspecified atom stereocenters. The Morgan fingerprint density at radius 3 is 2.06 bits per heavy atom. The molecule has 0 amide bonds. The number of benzene rings is 1. The first kappa shape index (κ1) is 13.0. The molecule has 0 heterocycles. The van der Waals surface area contributed by atoms with Crippen LogP contribution in [0.25, 0.3) is 0 Å². The molecule has 16 heavy (non-hydrogen) atoms. The summed E-state index contributed by atoms with van der Waals surface area (Å²) >= 11 is 0. The molecule has 90 valence electrons. The number of halogens is 4. The lowest BCUT2D eigenvalue weighted by Crippen LogP contribution is -2.35. The van der Waals surface area contributed by atoms with Crippen LogP contribution in [0.5, 0.6) is 0 Å². The highest BCUT2D eigenvalue weighted by Crippen LogP contribution is 2.36. The van der Waals surface area contributed by atoms with Crippen LogP contribution in [0, 0.1) is 5.82 Å². The minimum absolute atomic E-state index is 0.0949. The Balaban J connectivity index is 3.41. The smallest absolute Gasteiger partial charge is 0.311 e. The maximum Gasteiger partial charge on any atom is 0.416 e. The van der Waals surface area contributed by atoms with Crippen molar-refractivity contribution in [3.05, 3.63) is 35.1 Å². The summed E-state index contributed by atoms with van der Waals surface area (Å²) in [5.74, 6) is -0.675. The molecule has 0 saturated heterocycles. The Hall–Kier alpha value is -1.10. The number of hydrogen-bond acceptors (Lipinski definition) is 1. The molecule has 1 aromatic rings. The van der Waals surface area contributed by atoms with Crippen molar-refractivity contribution in [3.63, 3.8) is 0 Å². The fourth-order valence-electron chi connectivity index (χ4n) is 1.42. The van der Waals surface area contributed by atoms with Gasteiger partial charge in [-0.2, -0.15) is 13.2 Å². The van der Waals surface area contributed by atoms with E-state index in [4.69, 9.17) is 0 Å². The summed E-state index contributed by atoms with van der Waals surface area (Å²) < 4.78 is 51.1. The zero-order valence-corrected chi connectivity index (χ0v) is 9.24. The molecule has 0 bridgehead atoms. The van der Waals surface area contributed by atoms with Gasteiger partial charge in [0, 0.05) is 5.54 Å². The first-order valence-electron chi connectivity index (χ1n) is 4.74. The van der Waals surface area contributed by atoms with Crippen molar-refractivity contribution < 1.29 is 17.6 Å². The molecule has 0 aliphatic heterocycles. The lowest BCUT2D eigenvalue weighted by atomic mass is 9.89. The fraction of sp³-hybridized carbons (Fsp3) is 0.455. The number of nitrogens with one attached hydrogen (secondary N) is 1. The molecule has 0 atom stereocenters. The van der Waals surface area contributed by atoms with Crippen LogP contribution in [0.15, 0.2) is 18.2 Å². The van der Waals surface area contributed by atoms with Crippen LogP contribution < -0.4 is 5.32 Å². The molecule has 0 aliphatic carbocycles. The largest absolute Gasteiger partial charge is 0.416 e. The molecule has 1 rings (SSSR count). The normalized spacial score (nSPS) is 12.9. The van der Waals surface area contributed by atoms with E-state index in [-0.39, 0.29) is 5.56 Å². The number of rotatable bonds is 2. The van der Waals surface area contributed by atoms with E-state index >= 15 is 0 Å². The van der Waals surface area contributed by atoms with Crippen LogP contribution in [-0.2, 0) is 11.7 Å². The van der Waals surface area contributed by atoms with E-state index in [0.29, 0.717) is 0 Å². The summed E-state index contributed by atoms with van der Waals surface area (Å²) in [5.41, 5.74) is -1.84. The van der Waals surface area contributed by atoms with Crippen LogP contribution in [0.1, 0.15) is 25.0 Å². The number of hydrogen-bond donors (Lipinski definition) is 1. The SMILES string of the molecule is CNC(C)(C)c1cc(F)ccc1C(F)(F)F. The van der Waals surface area contributed by atoms with Crippen molar-refractivity contribution >= 4 is 0 Å². The monoisotopic (exact) mass is 235 g/mol. The molecule has 5 heteroatoms. The molecule has 0 aromatic heterocycles. The van der Waals surface area contributed by atoms with Gasteiger partial charge in [-0.25, -0.2) is 4.39 Å². The van der Waals surface area contributed by atoms with Gasteiger partial charge >= 0.3 is 6.18 Å². The lowest BCUT2D eigenvalue weighted by Gasteiger charge is -2.28. The summed E-state index contributed by atoms with van der Waals surface area (Å²) in [7, 11) is 1.53. The quantitative estimate of drug-likeness (QED) is 0.775. The Kier molecular flexibility index (Phi) is 3.28. The van der Waals surface area contributed by atoms with Crippen molar-refractivity contribution in [1.82, 2.24) is 5.32 Å².